The number of hydrogen-bond acceptors (Lipinski definition) is 6. The molecule has 0 aliphatic carbocycles. The summed E-state index contributed by atoms with van der Waals surface area (Å²) in [4.78, 5) is 27.6. The van der Waals surface area contributed by atoms with Crippen molar-refractivity contribution in [3.8, 4) is 5.88 Å². The highest BCUT2D eigenvalue weighted by Crippen LogP contribution is 2.29. The van der Waals surface area contributed by atoms with E-state index in [1.54, 1.807) is 43.7 Å². The Kier molecular flexibility index (Phi) is 9.34. The van der Waals surface area contributed by atoms with Crippen molar-refractivity contribution in [2.45, 2.75) is 58.8 Å². The fourth-order valence-corrected chi connectivity index (χ4v) is 5.34. The van der Waals surface area contributed by atoms with Gasteiger partial charge in [0.25, 0.3) is 0 Å². The Hall–Kier alpha value is -4.02. The normalized spacial score (nSPS) is 14.8. The Bertz CT molecular complexity index is 1570. The van der Waals surface area contributed by atoms with E-state index < -0.39 is 11.8 Å². The summed E-state index contributed by atoms with van der Waals surface area (Å²) in [6, 6.07) is 10.3. The third kappa shape index (κ3) is 7.06. The van der Waals surface area contributed by atoms with Crippen LogP contribution in [0.15, 0.2) is 60.7 Å². The molecule has 11 heteroatoms. The predicted molar refractivity (Wildman–Crippen MR) is 158 cm³/mol. The third-order valence-electron chi connectivity index (χ3n) is 7.64. The van der Waals surface area contributed by atoms with Crippen molar-refractivity contribution in [2.24, 2.45) is 0 Å². The second kappa shape index (κ2) is 13.3. The molecule has 4 aromatic rings. The van der Waals surface area contributed by atoms with E-state index in [-0.39, 0.29) is 18.1 Å². The van der Waals surface area contributed by atoms with Gasteiger partial charge in [0.2, 0.25) is 5.88 Å². The molecule has 1 aromatic carbocycles. The molecule has 0 saturated carbocycles. The van der Waals surface area contributed by atoms with Crippen LogP contribution in [0.5, 0.6) is 5.88 Å². The molecule has 220 valence electrons. The van der Waals surface area contributed by atoms with E-state index in [0.29, 0.717) is 29.6 Å². The summed E-state index contributed by atoms with van der Waals surface area (Å²) >= 11 is 5.85. The molecule has 1 aliphatic heterocycles. The van der Waals surface area contributed by atoms with Crippen molar-refractivity contribution in [1.29, 1.82) is 0 Å². The SMILES string of the molecule is CCn1cncc1Cn1c(/C=C(\C)C(=O)O)cnc1CN1CCC(c2cccc(OCc3ccc(Cl)cc3F)n2)CC1. The van der Waals surface area contributed by atoms with Gasteiger partial charge in [0.05, 0.1) is 37.0 Å². The number of halogens is 2. The van der Waals surface area contributed by atoms with Crippen LogP contribution in [-0.4, -0.2) is 53.2 Å². The van der Waals surface area contributed by atoms with Crippen LogP contribution in [0, 0.1) is 5.82 Å². The lowest BCUT2D eigenvalue weighted by Gasteiger charge is -2.31. The summed E-state index contributed by atoms with van der Waals surface area (Å²) in [7, 11) is 0. The highest BCUT2D eigenvalue weighted by Gasteiger charge is 2.24. The van der Waals surface area contributed by atoms with Crippen molar-refractivity contribution in [1.82, 2.24) is 29.0 Å². The predicted octanol–water partition coefficient (Wildman–Crippen LogP) is 5.78. The van der Waals surface area contributed by atoms with E-state index in [1.165, 1.54) is 6.07 Å². The molecule has 0 atom stereocenters. The van der Waals surface area contributed by atoms with Gasteiger partial charge in [-0.2, -0.15) is 0 Å². The van der Waals surface area contributed by atoms with Gasteiger partial charge in [-0.3, -0.25) is 4.90 Å². The van der Waals surface area contributed by atoms with Gasteiger partial charge in [0, 0.05) is 46.6 Å². The Morgan fingerprint density at radius 2 is 2.00 bits per heavy atom. The number of pyridine rings is 1. The molecule has 5 rings (SSSR count). The Morgan fingerprint density at radius 1 is 1.19 bits per heavy atom. The maximum Gasteiger partial charge on any atom is 0.331 e. The topological polar surface area (TPSA) is 98.3 Å². The molecule has 42 heavy (non-hydrogen) atoms. The van der Waals surface area contributed by atoms with Gasteiger partial charge in [0.15, 0.2) is 0 Å². The van der Waals surface area contributed by atoms with Crippen molar-refractivity contribution in [2.75, 3.05) is 13.1 Å². The molecule has 0 bridgehead atoms. The minimum absolute atomic E-state index is 0.0761. The van der Waals surface area contributed by atoms with E-state index in [4.69, 9.17) is 26.3 Å². The van der Waals surface area contributed by atoms with Crippen molar-refractivity contribution >= 4 is 23.6 Å². The number of nitrogens with zero attached hydrogens (tertiary/aromatic N) is 6. The number of piperidine rings is 1. The van der Waals surface area contributed by atoms with Gasteiger partial charge < -0.3 is 19.0 Å². The molecular formula is C31H34ClFN6O3. The van der Waals surface area contributed by atoms with Crippen LogP contribution in [0.25, 0.3) is 6.08 Å². The smallest absolute Gasteiger partial charge is 0.331 e. The first kappa shape index (κ1) is 29.5. The van der Waals surface area contributed by atoms with Gasteiger partial charge in [-0.1, -0.05) is 23.7 Å². The molecule has 1 saturated heterocycles. The zero-order valence-electron chi connectivity index (χ0n) is 23.7. The van der Waals surface area contributed by atoms with Crippen molar-refractivity contribution < 1.29 is 19.0 Å². The third-order valence-corrected chi connectivity index (χ3v) is 7.87. The first-order chi connectivity index (χ1) is 20.3. The number of hydrogen-bond donors (Lipinski definition) is 1. The summed E-state index contributed by atoms with van der Waals surface area (Å²) in [6.45, 7) is 7.46. The highest BCUT2D eigenvalue weighted by atomic mass is 35.5. The molecule has 4 heterocycles. The minimum Gasteiger partial charge on any atom is -0.478 e. The lowest BCUT2D eigenvalue weighted by atomic mass is 9.93. The van der Waals surface area contributed by atoms with Gasteiger partial charge in [-0.05, 0) is 64.1 Å². The summed E-state index contributed by atoms with van der Waals surface area (Å²) in [5.41, 5.74) is 3.43. The average Bonchev–Trinajstić information content (AvgIpc) is 3.59. The van der Waals surface area contributed by atoms with Crippen LogP contribution >= 0.6 is 11.6 Å². The highest BCUT2D eigenvalue weighted by molar-refractivity contribution is 6.30. The molecule has 0 unspecified atom stereocenters. The van der Waals surface area contributed by atoms with Gasteiger partial charge in [0.1, 0.15) is 18.2 Å². The fourth-order valence-electron chi connectivity index (χ4n) is 5.18. The molecule has 1 N–H and O–H groups in total. The lowest BCUT2D eigenvalue weighted by Crippen LogP contribution is -2.33. The summed E-state index contributed by atoms with van der Waals surface area (Å²) in [5, 5.41) is 9.77. The number of carboxylic acid groups (broad SMARTS) is 1. The maximum atomic E-state index is 14.1. The van der Waals surface area contributed by atoms with Crippen LogP contribution in [-0.2, 0) is 31.0 Å². The first-order valence-electron chi connectivity index (χ1n) is 14.0. The number of aryl methyl sites for hydroxylation is 1. The number of aliphatic carboxylic acids is 1. The number of ether oxygens (including phenoxy) is 1. The number of imidazole rings is 2. The maximum absolute atomic E-state index is 14.1. The zero-order valence-corrected chi connectivity index (χ0v) is 24.5. The molecule has 0 amide bonds. The monoisotopic (exact) mass is 592 g/mol. The van der Waals surface area contributed by atoms with Crippen LogP contribution in [0.2, 0.25) is 5.02 Å². The van der Waals surface area contributed by atoms with Crippen LogP contribution in [0.1, 0.15) is 61.1 Å². The largest absolute Gasteiger partial charge is 0.478 e. The number of aromatic nitrogens is 5. The molecular weight excluding hydrogens is 559 g/mol. The van der Waals surface area contributed by atoms with Crippen molar-refractivity contribution in [3.05, 3.63) is 100 Å². The number of carbonyl (C=O) groups is 1. The Labute approximate surface area is 249 Å². The Balaban J connectivity index is 1.24. The lowest BCUT2D eigenvalue weighted by molar-refractivity contribution is -0.132. The van der Waals surface area contributed by atoms with Crippen LogP contribution in [0.3, 0.4) is 0 Å². The zero-order chi connectivity index (χ0) is 29.6. The number of benzene rings is 1. The second-order valence-corrected chi connectivity index (χ2v) is 10.9. The first-order valence-corrected chi connectivity index (χ1v) is 14.4. The summed E-state index contributed by atoms with van der Waals surface area (Å²) < 4.78 is 24.1. The average molecular weight is 593 g/mol. The molecule has 0 radical (unpaired) electrons. The molecule has 1 aliphatic rings. The fraction of sp³-hybridized carbons (Fsp3) is 0.355. The van der Waals surface area contributed by atoms with Crippen LogP contribution in [0.4, 0.5) is 4.39 Å². The van der Waals surface area contributed by atoms with E-state index in [2.05, 4.69) is 25.9 Å². The molecule has 3 aromatic heterocycles. The summed E-state index contributed by atoms with van der Waals surface area (Å²) in [5.74, 6) is 0.278. The molecule has 1 fully saturated rings. The van der Waals surface area contributed by atoms with Crippen LogP contribution < -0.4 is 4.74 Å². The van der Waals surface area contributed by atoms with E-state index >= 15 is 0 Å². The van der Waals surface area contributed by atoms with E-state index in [1.807, 2.05) is 18.3 Å². The Morgan fingerprint density at radius 3 is 2.74 bits per heavy atom. The van der Waals surface area contributed by atoms with Gasteiger partial charge in [-0.15, -0.1) is 0 Å². The quantitative estimate of drug-likeness (QED) is 0.220. The molecule has 9 nitrogen and oxygen atoms in total. The minimum atomic E-state index is -0.954. The molecule has 0 spiro atoms. The van der Waals surface area contributed by atoms with E-state index in [0.717, 1.165) is 55.4 Å². The number of carboxylic acids is 1. The second-order valence-electron chi connectivity index (χ2n) is 10.5. The van der Waals surface area contributed by atoms with Gasteiger partial charge >= 0.3 is 5.97 Å². The van der Waals surface area contributed by atoms with E-state index in [9.17, 15) is 14.3 Å². The number of likely N-dealkylation sites (tertiary alicyclic amines) is 1. The summed E-state index contributed by atoms with van der Waals surface area (Å²) in [6.07, 6.45) is 8.91. The standard InChI is InChI=1S/C31H34ClFN6O3/c1-3-38-20-34-15-26(38)17-39-25(13-21(2)31(40)41)16-35-29(39)18-37-11-9-22(10-12-37)28-5-4-6-30(36-28)42-19-23-7-8-24(32)14-27(23)33/h4-8,13-16,20,22H,3,9-12,17-19H2,1-2H3,(H,40,41)/b21-13+. The number of rotatable bonds is 11. The van der Waals surface area contributed by atoms with Crippen molar-refractivity contribution in [3.63, 3.8) is 0 Å². The van der Waals surface area contributed by atoms with Gasteiger partial charge in [-0.25, -0.2) is 24.1 Å².